The lowest BCUT2D eigenvalue weighted by atomic mass is 10.1. The summed E-state index contributed by atoms with van der Waals surface area (Å²) in [5.74, 6) is 1.29. The second-order valence-electron chi connectivity index (χ2n) is 5.12. The zero-order valence-electron chi connectivity index (χ0n) is 12.0. The van der Waals surface area contributed by atoms with Crippen molar-refractivity contribution in [2.75, 3.05) is 0 Å². The summed E-state index contributed by atoms with van der Waals surface area (Å²) in [6, 6.07) is 13.5. The van der Waals surface area contributed by atoms with Crippen molar-refractivity contribution in [1.29, 1.82) is 0 Å². The molecule has 1 aromatic heterocycles. The quantitative estimate of drug-likeness (QED) is 0.795. The maximum atomic E-state index is 9.75. The fourth-order valence-electron chi connectivity index (χ4n) is 2.16. The van der Waals surface area contributed by atoms with Crippen LogP contribution in [0.25, 0.3) is 11.5 Å². The highest BCUT2D eigenvalue weighted by molar-refractivity contribution is 5.57. The third-order valence-electron chi connectivity index (χ3n) is 3.53. The van der Waals surface area contributed by atoms with Gasteiger partial charge in [-0.3, -0.25) is 0 Å². The molecule has 0 saturated carbocycles. The predicted molar refractivity (Wildman–Crippen MR) is 80.1 cm³/mol. The van der Waals surface area contributed by atoms with Crippen molar-refractivity contribution in [2.45, 2.75) is 20.3 Å². The van der Waals surface area contributed by atoms with E-state index in [1.165, 1.54) is 11.1 Å². The zero-order valence-corrected chi connectivity index (χ0v) is 12.0. The highest BCUT2D eigenvalue weighted by Gasteiger charge is 2.11. The number of hydrogen-bond donors (Lipinski definition) is 1. The molecule has 106 valence electrons. The fourth-order valence-corrected chi connectivity index (χ4v) is 2.16. The maximum Gasteiger partial charge on any atom is 0.258 e. The molecule has 3 aromatic rings. The summed E-state index contributed by atoms with van der Waals surface area (Å²) in [5.41, 5.74) is 3.92. The summed E-state index contributed by atoms with van der Waals surface area (Å²) in [5, 5.41) is 13.8. The molecular weight excluding hydrogens is 264 g/mol. The van der Waals surface area contributed by atoms with Gasteiger partial charge in [0.05, 0.1) is 0 Å². The van der Waals surface area contributed by atoms with Gasteiger partial charge in [0.15, 0.2) is 5.82 Å². The minimum atomic E-state index is 0.228. The molecule has 1 heterocycles. The first-order valence-corrected chi connectivity index (χ1v) is 6.80. The van der Waals surface area contributed by atoms with Crippen LogP contribution in [0.3, 0.4) is 0 Å². The molecule has 3 rings (SSSR count). The first-order valence-electron chi connectivity index (χ1n) is 6.80. The van der Waals surface area contributed by atoms with E-state index in [2.05, 4.69) is 29.2 Å². The summed E-state index contributed by atoms with van der Waals surface area (Å²) < 4.78 is 5.29. The molecule has 21 heavy (non-hydrogen) atoms. The first-order chi connectivity index (χ1) is 10.1. The predicted octanol–water partition coefficient (Wildman–Crippen LogP) is 3.65. The molecule has 2 aromatic carbocycles. The molecule has 0 spiro atoms. The number of aromatic nitrogens is 2. The lowest BCUT2D eigenvalue weighted by Crippen LogP contribution is -1.93. The Morgan fingerprint density at radius 1 is 1.05 bits per heavy atom. The van der Waals surface area contributed by atoms with Crippen LogP contribution in [-0.2, 0) is 6.42 Å². The normalized spacial score (nSPS) is 10.8. The third-order valence-corrected chi connectivity index (χ3v) is 3.53. The Balaban J connectivity index is 1.86. The van der Waals surface area contributed by atoms with Gasteiger partial charge in [-0.15, -0.1) is 0 Å². The van der Waals surface area contributed by atoms with Gasteiger partial charge < -0.3 is 9.63 Å². The summed E-state index contributed by atoms with van der Waals surface area (Å²) in [6.07, 6.45) is 0.633. The molecular formula is C17H16N2O2. The van der Waals surface area contributed by atoms with E-state index in [4.69, 9.17) is 4.52 Å². The second kappa shape index (κ2) is 5.40. The molecule has 0 saturated heterocycles. The number of aryl methyl sites for hydroxylation is 2. The van der Waals surface area contributed by atoms with Gasteiger partial charge in [0.25, 0.3) is 5.89 Å². The topological polar surface area (TPSA) is 59.2 Å². The van der Waals surface area contributed by atoms with Crippen molar-refractivity contribution in [2.24, 2.45) is 0 Å². The molecule has 0 amide bonds. The van der Waals surface area contributed by atoms with Crippen molar-refractivity contribution in [1.82, 2.24) is 10.1 Å². The highest BCUT2D eigenvalue weighted by atomic mass is 16.5. The Hall–Kier alpha value is -2.62. The number of phenolic OH excluding ortho intramolecular Hbond substituents is 1. The molecule has 0 bridgehead atoms. The third kappa shape index (κ3) is 2.79. The number of phenols is 1. The summed E-state index contributed by atoms with van der Waals surface area (Å²) in [4.78, 5) is 4.40. The van der Waals surface area contributed by atoms with Gasteiger partial charge in [-0.1, -0.05) is 35.5 Å². The standard InChI is InChI=1S/C17H16N2O2/c1-11-5-3-4-6-13(11)10-16-18-17(21-19-16)14-8-7-12(2)15(20)9-14/h3-9,20H,10H2,1-2H3. The summed E-state index contributed by atoms with van der Waals surface area (Å²) in [6.45, 7) is 3.91. The van der Waals surface area contributed by atoms with E-state index in [-0.39, 0.29) is 5.75 Å². The Morgan fingerprint density at radius 3 is 2.62 bits per heavy atom. The number of hydrogen-bond acceptors (Lipinski definition) is 4. The Labute approximate surface area is 123 Å². The van der Waals surface area contributed by atoms with Crippen molar-refractivity contribution in [3.05, 3.63) is 65.0 Å². The van der Waals surface area contributed by atoms with Gasteiger partial charge in [-0.25, -0.2) is 0 Å². The van der Waals surface area contributed by atoms with Crippen LogP contribution in [0.5, 0.6) is 5.75 Å². The van der Waals surface area contributed by atoms with E-state index in [0.29, 0.717) is 18.1 Å². The summed E-state index contributed by atoms with van der Waals surface area (Å²) in [7, 11) is 0. The Morgan fingerprint density at radius 2 is 1.86 bits per heavy atom. The molecule has 0 fully saturated rings. The average Bonchev–Trinajstić information content (AvgIpc) is 2.93. The lowest BCUT2D eigenvalue weighted by molar-refractivity contribution is 0.423. The molecule has 4 nitrogen and oxygen atoms in total. The monoisotopic (exact) mass is 280 g/mol. The first kappa shape index (κ1) is 13.4. The van der Waals surface area contributed by atoms with E-state index in [9.17, 15) is 5.11 Å². The maximum absolute atomic E-state index is 9.75. The van der Waals surface area contributed by atoms with Gasteiger partial charge in [-0.2, -0.15) is 4.98 Å². The van der Waals surface area contributed by atoms with E-state index in [1.807, 2.05) is 31.2 Å². The molecule has 0 radical (unpaired) electrons. The van der Waals surface area contributed by atoms with Gasteiger partial charge in [0.2, 0.25) is 0 Å². The molecule has 0 unspecified atom stereocenters. The van der Waals surface area contributed by atoms with E-state index < -0.39 is 0 Å². The van der Waals surface area contributed by atoms with Crippen LogP contribution in [0.4, 0.5) is 0 Å². The van der Waals surface area contributed by atoms with Crippen LogP contribution >= 0.6 is 0 Å². The average molecular weight is 280 g/mol. The van der Waals surface area contributed by atoms with Crippen molar-refractivity contribution >= 4 is 0 Å². The number of rotatable bonds is 3. The van der Waals surface area contributed by atoms with Crippen LogP contribution in [0.1, 0.15) is 22.5 Å². The van der Waals surface area contributed by atoms with Crippen molar-refractivity contribution in [3.8, 4) is 17.2 Å². The number of nitrogens with zero attached hydrogens (tertiary/aromatic N) is 2. The van der Waals surface area contributed by atoms with Crippen LogP contribution in [-0.4, -0.2) is 15.2 Å². The minimum Gasteiger partial charge on any atom is -0.508 e. The highest BCUT2D eigenvalue weighted by Crippen LogP contribution is 2.25. The van der Waals surface area contributed by atoms with E-state index >= 15 is 0 Å². The largest absolute Gasteiger partial charge is 0.508 e. The van der Waals surface area contributed by atoms with Crippen LogP contribution < -0.4 is 0 Å². The number of aromatic hydroxyl groups is 1. The van der Waals surface area contributed by atoms with Crippen LogP contribution in [0.2, 0.25) is 0 Å². The van der Waals surface area contributed by atoms with Gasteiger partial charge in [-0.05, 0) is 42.7 Å². The van der Waals surface area contributed by atoms with Crippen LogP contribution in [0, 0.1) is 13.8 Å². The van der Waals surface area contributed by atoms with Gasteiger partial charge in [0, 0.05) is 12.0 Å². The minimum absolute atomic E-state index is 0.228. The smallest absolute Gasteiger partial charge is 0.258 e. The zero-order chi connectivity index (χ0) is 14.8. The van der Waals surface area contributed by atoms with Crippen molar-refractivity contribution < 1.29 is 9.63 Å². The Kier molecular flexibility index (Phi) is 3.44. The van der Waals surface area contributed by atoms with Gasteiger partial charge >= 0.3 is 0 Å². The lowest BCUT2D eigenvalue weighted by Gasteiger charge is -2.01. The number of benzene rings is 2. The van der Waals surface area contributed by atoms with E-state index in [1.54, 1.807) is 6.07 Å². The molecule has 1 N–H and O–H groups in total. The van der Waals surface area contributed by atoms with E-state index in [0.717, 1.165) is 11.1 Å². The van der Waals surface area contributed by atoms with Crippen molar-refractivity contribution in [3.63, 3.8) is 0 Å². The summed E-state index contributed by atoms with van der Waals surface area (Å²) >= 11 is 0. The van der Waals surface area contributed by atoms with Gasteiger partial charge in [0.1, 0.15) is 5.75 Å². The SMILES string of the molecule is Cc1ccc(-c2nc(Cc3ccccc3C)no2)cc1O. The molecule has 0 atom stereocenters. The molecule has 0 aliphatic carbocycles. The Bertz CT molecular complexity index is 778. The molecule has 0 aliphatic heterocycles. The molecule has 4 heteroatoms. The van der Waals surface area contributed by atoms with Crippen LogP contribution in [0.15, 0.2) is 47.0 Å². The second-order valence-corrected chi connectivity index (χ2v) is 5.12. The fraction of sp³-hybridized carbons (Fsp3) is 0.176. The molecule has 0 aliphatic rings.